The fraction of sp³-hybridized carbons (Fsp3) is 0.500. The highest BCUT2D eigenvalue weighted by atomic mass is 35.5. The van der Waals surface area contributed by atoms with Gasteiger partial charge >= 0.3 is 6.09 Å². The number of hydrogen-bond donors (Lipinski definition) is 1. The minimum Gasteiger partial charge on any atom is -0.444 e. The number of ether oxygens (including phenoxy) is 1. The molecule has 0 spiro atoms. The number of hydrogen-bond acceptors (Lipinski definition) is 2. The van der Waals surface area contributed by atoms with Gasteiger partial charge in [-0.25, -0.2) is 4.79 Å². The Morgan fingerprint density at radius 3 is 2.61 bits per heavy atom. The summed E-state index contributed by atoms with van der Waals surface area (Å²) in [5.74, 6) is 0. The number of carbonyl (C=O) groups is 1. The van der Waals surface area contributed by atoms with E-state index in [2.05, 4.69) is 5.32 Å². The smallest absolute Gasteiger partial charge is 0.407 e. The minimum atomic E-state index is -0.452. The van der Waals surface area contributed by atoms with Gasteiger partial charge in [-0.1, -0.05) is 29.8 Å². The average Bonchev–Trinajstić information content (AvgIpc) is 2.24. The Hall–Kier alpha value is -1.22. The number of aryl methyl sites for hydroxylation is 1. The third kappa shape index (κ3) is 5.92. The van der Waals surface area contributed by atoms with Crippen molar-refractivity contribution in [3.63, 3.8) is 0 Å². The van der Waals surface area contributed by atoms with Crippen LogP contribution in [-0.4, -0.2) is 18.2 Å². The maximum atomic E-state index is 11.4. The van der Waals surface area contributed by atoms with Crippen LogP contribution in [0.15, 0.2) is 24.3 Å². The number of rotatable bonds is 4. The molecule has 4 heteroatoms. The second-order valence-corrected chi connectivity index (χ2v) is 5.53. The molecule has 0 bridgehead atoms. The standard InChI is InChI=1S/C14H20ClNO2/c1-14(2,3)18-13(17)16-10-6-8-11-7-4-5-9-12(11)15/h4-5,7,9H,6,8,10H2,1-3H3,(H,16,17). The average molecular weight is 270 g/mol. The lowest BCUT2D eigenvalue weighted by atomic mass is 10.1. The molecule has 0 saturated heterocycles. The second kappa shape index (κ2) is 6.64. The van der Waals surface area contributed by atoms with Crippen LogP contribution in [0.1, 0.15) is 32.8 Å². The van der Waals surface area contributed by atoms with Crippen LogP contribution in [0.25, 0.3) is 0 Å². The number of alkyl carbamates (subject to hydrolysis) is 1. The van der Waals surface area contributed by atoms with Crippen LogP contribution < -0.4 is 5.32 Å². The fourth-order valence-electron chi connectivity index (χ4n) is 1.48. The molecule has 0 radical (unpaired) electrons. The predicted octanol–water partition coefficient (Wildman–Crippen LogP) is 3.80. The summed E-state index contributed by atoms with van der Waals surface area (Å²) >= 11 is 6.04. The van der Waals surface area contributed by atoms with E-state index in [1.165, 1.54) is 0 Å². The molecule has 18 heavy (non-hydrogen) atoms. The van der Waals surface area contributed by atoms with Gasteiger partial charge in [0, 0.05) is 11.6 Å². The molecule has 1 rings (SSSR count). The maximum Gasteiger partial charge on any atom is 0.407 e. The summed E-state index contributed by atoms with van der Waals surface area (Å²) in [6, 6.07) is 7.74. The summed E-state index contributed by atoms with van der Waals surface area (Å²) in [5, 5.41) is 3.50. The second-order valence-electron chi connectivity index (χ2n) is 5.12. The van der Waals surface area contributed by atoms with Crippen molar-refractivity contribution in [3.05, 3.63) is 34.9 Å². The van der Waals surface area contributed by atoms with Crippen molar-refractivity contribution in [1.29, 1.82) is 0 Å². The Morgan fingerprint density at radius 2 is 2.00 bits per heavy atom. The number of halogens is 1. The van der Waals surface area contributed by atoms with Crippen LogP contribution in [-0.2, 0) is 11.2 Å². The quantitative estimate of drug-likeness (QED) is 0.845. The van der Waals surface area contributed by atoms with Gasteiger partial charge in [0.1, 0.15) is 5.60 Å². The summed E-state index contributed by atoms with van der Waals surface area (Å²) in [5.41, 5.74) is 0.650. The molecule has 1 aromatic carbocycles. The van der Waals surface area contributed by atoms with Crippen LogP contribution >= 0.6 is 11.6 Å². The first-order chi connectivity index (χ1) is 8.38. The van der Waals surface area contributed by atoms with Gasteiger partial charge in [0.2, 0.25) is 0 Å². The highest BCUT2D eigenvalue weighted by Crippen LogP contribution is 2.16. The van der Waals surface area contributed by atoms with Gasteiger partial charge in [-0.05, 0) is 45.2 Å². The van der Waals surface area contributed by atoms with Gasteiger partial charge < -0.3 is 10.1 Å². The Labute approximate surface area is 113 Å². The number of benzene rings is 1. The molecular weight excluding hydrogens is 250 g/mol. The molecule has 100 valence electrons. The first kappa shape index (κ1) is 14.8. The molecule has 0 heterocycles. The Bertz CT molecular complexity index is 399. The molecule has 3 nitrogen and oxygen atoms in total. The van der Waals surface area contributed by atoms with Crippen LogP contribution in [0.2, 0.25) is 5.02 Å². The van der Waals surface area contributed by atoms with Crippen molar-refractivity contribution in [2.45, 2.75) is 39.2 Å². The van der Waals surface area contributed by atoms with Crippen molar-refractivity contribution in [1.82, 2.24) is 5.32 Å². The highest BCUT2D eigenvalue weighted by Gasteiger charge is 2.15. The van der Waals surface area contributed by atoms with Crippen LogP contribution in [0.3, 0.4) is 0 Å². The van der Waals surface area contributed by atoms with E-state index < -0.39 is 5.60 Å². The SMILES string of the molecule is CC(C)(C)OC(=O)NCCCc1ccccc1Cl. The van der Waals surface area contributed by atoms with Crippen molar-refractivity contribution >= 4 is 17.7 Å². The van der Waals surface area contributed by atoms with Gasteiger partial charge in [0.15, 0.2) is 0 Å². The third-order valence-electron chi connectivity index (χ3n) is 2.25. The zero-order chi connectivity index (χ0) is 13.6. The fourth-order valence-corrected chi connectivity index (χ4v) is 1.71. The van der Waals surface area contributed by atoms with Gasteiger partial charge in [0.25, 0.3) is 0 Å². The van der Waals surface area contributed by atoms with E-state index in [9.17, 15) is 4.79 Å². The summed E-state index contributed by atoms with van der Waals surface area (Å²) < 4.78 is 5.14. The molecule has 0 saturated carbocycles. The van der Waals surface area contributed by atoms with Crippen molar-refractivity contribution in [3.8, 4) is 0 Å². The molecule has 0 aromatic heterocycles. The Kier molecular flexibility index (Phi) is 5.48. The molecule has 1 aromatic rings. The third-order valence-corrected chi connectivity index (χ3v) is 2.62. The Balaban J connectivity index is 2.23. The largest absolute Gasteiger partial charge is 0.444 e. The van der Waals surface area contributed by atoms with Gasteiger partial charge in [-0.2, -0.15) is 0 Å². The zero-order valence-electron chi connectivity index (χ0n) is 11.1. The van der Waals surface area contributed by atoms with E-state index in [1.807, 2.05) is 45.0 Å². The van der Waals surface area contributed by atoms with E-state index in [4.69, 9.17) is 16.3 Å². The van der Waals surface area contributed by atoms with Crippen LogP contribution in [0.4, 0.5) is 4.79 Å². The lowest BCUT2D eigenvalue weighted by Crippen LogP contribution is -2.33. The lowest BCUT2D eigenvalue weighted by Gasteiger charge is -2.19. The maximum absolute atomic E-state index is 11.4. The zero-order valence-corrected chi connectivity index (χ0v) is 11.9. The number of amides is 1. The molecule has 0 fully saturated rings. The van der Waals surface area contributed by atoms with Gasteiger partial charge in [0.05, 0.1) is 0 Å². The molecule has 0 aliphatic rings. The summed E-state index contributed by atoms with van der Waals surface area (Å²) in [6.45, 7) is 6.11. The highest BCUT2D eigenvalue weighted by molar-refractivity contribution is 6.31. The van der Waals surface area contributed by atoms with Crippen LogP contribution in [0.5, 0.6) is 0 Å². The van der Waals surface area contributed by atoms with E-state index >= 15 is 0 Å². The summed E-state index contributed by atoms with van der Waals surface area (Å²) in [6.07, 6.45) is 1.31. The monoisotopic (exact) mass is 269 g/mol. The molecule has 0 atom stereocenters. The van der Waals surface area contributed by atoms with Crippen molar-refractivity contribution in [2.24, 2.45) is 0 Å². The normalized spacial score (nSPS) is 11.1. The van der Waals surface area contributed by atoms with E-state index in [0.29, 0.717) is 6.54 Å². The lowest BCUT2D eigenvalue weighted by molar-refractivity contribution is 0.0527. The predicted molar refractivity (Wildman–Crippen MR) is 74.0 cm³/mol. The van der Waals surface area contributed by atoms with Crippen LogP contribution in [0, 0.1) is 0 Å². The molecule has 0 unspecified atom stereocenters. The molecule has 0 aliphatic carbocycles. The summed E-state index contributed by atoms with van der Waals surface area (Å²) in [7, 11) is 0. The minimum absolute atomic E-state index is 0.373. The van der Waals surface area contributed by atoms with E-state index in [1.54, 1.807) is 0 Å². The van der Waals surface area contributed by atoms with Gasteiger partial charge in [-0.3, -0.25) is 0 Å². The molecule has 0 aliphatic heterocycles. The topological polar surface area (TPSA) is 38.3 Å². The first-order valence-corrected chi connectivity index (χ1v) is 6.46. The van der Waals surface area contributed by atoms with Crippen molar-refractivity contribution in [2.75, 3.05) is 6.54 Å². The van der Waals surface area contributed by atoms with E-state index in [0.717, 1.165) is 23.4 Å². The first-order valence-electron chi connectivity index (χ1n) is 6.09. The Morgan fingerprint density at radius 1 is 1.33 bits per heavy atom. The van der Waals surface area contributed by atoms with E-state index in [-0.39, 0.29) is 6.09 Å². The van der Waals surface area contributed by atoms with Gasteiger partial charge in [-0.15, -0.1) is 0 Å². The summed E-state index contributed by atoms with van der Waals surface area (Å²) in [4.78, 5) is 11.4. The number of nitrogens with one attached hydrogen (secondary N) is 1. The molecule has 1 N–H and O–H groups in total. The van der Waals surface area contributed by atoms with Crippen molar-refractivity contribution < 1.29 is 9.53 Å². The molecule has 1 amide bonds. The number of carbonyl (C=O) groups excluding carboxylic acids is 1. The molecular formula is C14H20ClNO2.